The maximum Gasteiger partial charge on any atom is 0.260 e. The van der Waals surface area contributed by atoms with E-state index in [0.717, 1.165) is 34.2 Å². The number of thioether (sulfide) groups is 1. The predicted octanol–water partition coefficient (Wildman–Crippen LogP) is 5.31. The van der Waals surface area contributed by atoms with E-state index in [9.17, 15) is 9.18 Å². The zero-order chi connectivity index (χ0) is 18.0. The van der Waals surface area contributed by atoms with Crippen molar-refractivity contribution < 1.29 is 4.39 Å². The van der Waals surface area contributed by atoms with Crippen LogP contribution in [0.25, 0.3) is 10.2 Å². The minimum Gasteiger partial charge on any atom is -0.301 e. The summed E-state index contributed by atoms with van der Waals surface area (Å²) in [5.41, 5.74) is 2.07. The number of hydrogen-bond donors (Lipinski definition) is 1. The van der Waals surface area contributed by atoms with E-state index in [0.29, 0.717) is 16.8 Å². The lowest BCUT2D eigenvalue weighted by Gasteiger charge is -2.08. The lowest BCUT2D eigenvalue weighted by atomic mass is 9.98. The molecule has 2 heterocycles. The molecule has 0 radical (unpaired) electrons. The van der Waals surface area contributed by atoms with Crippen LogP contribution in [0, 0.1) is 18.7 Å². The van der Waals surface area contributed by atoms with Crippen molar-refractivity contribution in [3.05, 3.63) is 56.4 Å². The second-order valence-electron chi connectivity index (χ2n) is 6.32. The minimum absolute atomic E-state index is 0.0609. The third-order valence-corrected chi connectivity index (χ3v) is 6.37. The molecule has 3 aromatic rings. The molecule has 0 aliphatic heterocycles. The number of hydrogen-bond acceptors (Lipinski definition) is 4. The van der Waals surface area contributed by atoms with Crippen LogP contribution in [0.3, 0.4) is 0 Å². The van der Waals surface area contributed by atoms with Crippen LogP contribution in [-0.2, 0) is 12.2 Å². The Morgan fingerprint density at radius 2 is 2.04 bits per heavy atom. The van der Waals surface area contributed by atoms with E-state index in [1.165, 1.54) is 28.8 Å². The first-order valence-electron chi connectivity index (χ1n) is 8.37. The van der Waals surface area contributed by atoms with Gasteiger partial charge < -0.3 is 4.98 Å². The second kappa shape index (κ2) is 7.70. The van der Waals surface area contributed by atoms with Gasteiger partial charge in [-0.3, -0.25) is 4.79 Å². The summed E-state index contributed by atoms with van der Waals surface area (Å²) >= 11 is 3.05. The number of aromatic amines is 1. The quantitative estimate of drug-likeness (QED) is 0.468. The number of aromatic nitrogens is 2. The average Bonchev–Trinajstić information content (AvgIpc) is 2.90. The summed E-state index contributed by atoms with van der Waals surface area (Å²) < 4.78 is 13.0. The van der Waals surface area contributed by atoms with Gasteiger partial charge in [-0.1, -0.05) is 44.2 Å². The lowest BCUT2D eigenvalue weighted by Crippen LogP contribution is -2.11. The number of rotatable bonds is 6. The maximum atomic E-state index is 13.0. The Morgan fingerprint density at radius 3 is 2.72 bits per heavy atom. The molecule has 0 bridgehead atoms. The van der Waals surface area contributed by atoms with E-state index in [-0.39, 0.29) is 11.4 Å². The van der Waals surface area contributed by atoms with Crippen molar-refractivity contribution in [3.8, 4) is 0 Å². The summed E-state index contributed by atoms with van der Waals surface area (Å²) in [4.78, 5) is 22.1. The molecule has 0 aliphatic rings. The highest BCUT2D eigenvalue weighted by molar-refractivity contribution is 7.98. The summed E-state index contributed by atoms with van der Waals surface area (Å²) in [6, 6.07) is 6.38. The summed E-state index contributed by atoms with van der Waals surface area (Å²) in [5.74, 6) is 0.937. The van der Waals surface area contributed by atoms with Crippen LogP contribution in [0.2, 0.25) is 0 Å². The number of thiophene rings is 1. The van der Waals surface area contributed by atoms with Gasteiger partial charge in [0.25, 0.3) is 5.56 Å². The molecule has 0 saturated heterocycles. The summed E-state index contributed by atoms with van der Waals surface area (Å²) in [6.07, 6.45) is 2.00. The van der Waals surface area contributed by atoms with Gasteiger partial charge >= 0.3 is 0 Å². The first kappa shape index (κ1) is 18.1. The largest absolute Gasteiger partial charge is 0.301 e. The zero-order valence-electron chi connectivity index (χ0n) is 14.6. The Labute approximate surface area is 154 Å². The monoisotopic (exact) mass is 376 g/mol. The van der Waals surface area contributed by atoms with E-state index in [1.807, 2.05) is 0 Å². The Kier molecular flexibility index (Phi) is 5.59. The van der Waals surface area contributed by atoms with E-state index in [4.69, 9.17) is 0 Å². The van der Waals surface area contributed by atoms with Gasteiger partial charge in [-0.05, 0) is 42.5 Å². The van der Waals surface area contributed by atoms with Gasteiger partial charge in [0.15, 0.2) is 5.16 Å². The molecule has 0 unspecified atom stereocenters. The maximum absolute atomic E-state index is 13.0. The molecular formula is C19H21FN2OS2. The van der Waals surface area contributed by atoms with Crippen LogP contribution in [0.5, 0.6) is 0 Å². The van der Waals surface area contributed by atoms with Gasteiger partial charge in [-0.25, -0.2) is 9.37 Å². The van der Waals surface area contributed by atoms with Crippen molar-refractivity contribution in [2.45, 2.75) is 44.5 Å². The van der Waals surface area contributed by atoms with Crippen molar-refractivity contribution in [1.29, 1.82) is 0 Å². The molecule has 132 valence electrons. The van der Waals surface area contributed by atoms with Crippen LogP contribution < -0.4 is 5.56 Å². The van der Waals surface area contributed by atoms with Gasteiger partial charge in [-0.2, -0.15) is 0 Å². The fraction of sp³-hybridized carbons (Fsp3) is 0.368. The van der Waals surface area contributed by atoms with Crippen molar-refractivity contribution in [3.63, 3.8) is 0 Å². The molecule has 3 nitrogen and oxygen atoms in total. The zero-order valence-corrected chi connectivity index (χ0v) is 16.2. The molecule has 25 heavy (non-hydrogen) atoms. The molecular weight excluding hydrogens is 355 g/mol. The number of benzene rings is 1. The summed E-state index contributed by atoms with van der Waals surface area (Å²) in [6.45, 7) is 6.44. The van der Waals surface area contributed by atoms with Crippen LogP contribution in [0.4, 0.5) is 4.39 Å². The van der Waals surface area contributed by atoms with Crippen LogP contribution in [-0.4, -0.2) is 9.97 Å². The number of H-pyrrole nitrogens is 1. The smallest absolute Gasteiger partial charge is 0.260 e. The lowest BCUT2D eigenvalue weighted by molar-refractivity contribution is 0.561. The van der Waals surface area contributed by atoms with Crippen LogP contribution >= 0.6 is 23.1 Å². The highest BCUT2D eigenvalue weighted by atomic mass is 32.2. The summed E-state index contributed by atoms with van der Waals surface area (Å²) in [5, 5.41) is 1.35. The predicted molar refractivity (Wildman–Crippen MR) is 104 cm³/mol. The van der Waals surface area contributed by atoms with Crippen LogP contribution in [0.15, 0.2) is 34.2 Å². The molecule has 0 aliphatic carbocycles. The normalized spacial score (nSPS) is 12.6. The second-order valence-corrected chi connectivity index (χ2v) is 8.49. The van der Waals surface area contributed by atoms with Gasteiger partial charge in [0.05, 0.1) is 5.39 Å². The van der Waals surface area contributed by atoms with E-state index < -0.39 is 0 Å². The van der Waals surface area contributed by atoms with E-state index in [2.05, 4.69) is 30.7 Å². The van der Waals surface area contributed by atoms with Crippen molar-refractivity contribution in [1.82, 2.24) is 9.97 Å². The highest BCUT2D eigenvalue weighted by Gasteiger charge is 2.16. The van der Waals surface area contributed by atoms with Gasteiger partial charge in [0.2, 0.25) is 0 Å². The molecule has 0 amide bonds. The number of nitrogens with one attached hydrogen (secondary N) is 1. The number of halogens is 1. The molecule has 0 fully saturated rings. The van der Waals surface area contributed by atoms with Crippen molar-refractivity contribution >= 4 is 33.3 Å². The van der Waals surface area contributed by atoms with Crippen LogP contribution in [0.1, 0.15) is 36.3 Å². The molecule has 1 atom stereocenters. The Hall–Kier alpha value is -1.66. The first-order chi connectivity index (χ1) is 12.0. The number of fused-ring (bicyclic) bond motifs is 1. The molecule has 0 saturated carbocycles. The fourth-order valence-corrected chi connectivity index (χ4v) is 4.62. The third-order valence-electron chi connectivity index (χ3n) is 4.38. The topological polar surface area (TPSA) is 45.8 Å². The molecule has 1 N–H and O–H groups in total. The number of nitrogens with zero attached hydrogens (tertiary/aromatic N) is 1. The fourth-order valence-electron chi connectivity index (χ4n) is 2.69. The Balaban J connectivity index is 1.86. The Bertz CT molecular complexity index is 931. The van der Waals surface area contributed by atoms with E-state index >= 15 is 0 Å². The minimum atomic E-state index is -0.246. The standard InChI is InChI=1S/C19H21FN2OS2/c1-4-11(2)9-15-12(3)25-18-16(15)17(23)21-19(22-18)24-10-13-5-7-14(20)8-6-13/h5-8,11H,4,9-10H2,1-3H3,(H,21,22,23)/t11-/m0/s1. The molecule has 0 spiro atoms. The third kappa shape index (κ3) is 4.12. The molecule has 6 heteroatoms. The Morgan fingerprint density at radius 1 is 1.32 bits per heavy atom. The van der Waals surface area contributed by atoms with Gasteiger partial charge in [0, 0.05) is 10.6 Å². The van der Waals surface area contributed by atoms with Gasteiger partial charge in [-0.15, -0.1) is 11.3 Å². The average molecular weight is 377 g/mol. The van der Waals surface area contributed by atoms with Crippen molar-refractivity contribution in [2.75, 3.05) is 0 Å². The first-order valence-corrected chi connectivity index (χ1v) is 10.2. The highest BCUT2D eigenvalue weighted by Crippen LogP contribution is 2.31. The molecule has 3 rings (SSSR count). The van der Waals surface area contributed by atoms with Gasteiger partial charge in [0.1, 0.15) is 10.6 Å². The summed E-state index contributed by atoms with van der Waals surface area (Å²) in [7, 11) is 0. The van der Waals surface area contributed by atoms with Crippen molar-refractivity contribution in [2.24, 2.45) is 5.92 Å². The SMILES string of the molecule is CC[C@H](C)Cc1c(C)sc2nc(SCc3ccc(F)cc3)[nH]c(=O)c12. The molecule has 1 aromatic carbocycles. The molecule has 2 aromatic heterocycles. The number of aryl methyl sites for hydroxylation is 1. The van der Waals surface area contributed by atoms with E-state index in [1.54, 1.807) is 23.5 Å².